The average Bonchev–Trinajstić information content (AvgIpc) is 2.82. The first-order valence-electron chi connectivity index (χ1n) is 4.31. The minimum absolute atomic E-state index is 0.0280. The van der Waals surface area contributed by atoms with Crippen LogP contribution in [0.5, 0.6) is 0 Å². The van der Waals surface area contributed by atoms with Crippen molar-refractivity contribution in [2.45, 2.75) is 36.5 Å². The first-order valence-corrected chi connectivity index (χ1v) is 4.31. The molecule has 0 spiro atoms. The number of nitrogens with zero attached hydrogens (tertiary/aromatic N) is 2. The molecule has 14 heavy (non-hydrogen) atoms. The zero-order chi connectivity index (χ0) is 9.71. The van der Waals surface area contributed by atoms with E-state index in [1.165, 1.54) is 12.2 Å². The molecule has 3 saturated heterocycles. The van der Waals surface area contributed by atoms with Gasteiger partial charge in [0.15, 0.2) is 0 Å². The first-order chi connectivity index (χ1) is 6.86. The molecule has 0 aromatic rings. The van der Waals surface area contributed by atoms with E-state index in [2.05, 4.69) is 9.98 Å². The third-order valence-electron chi connectivity index (χ3n) is 2.95. The summed E-state index contributed by atoms with van der Waals surface area (Å²) >= 11 is 0. The summed E-state index contributed by atoms with van der Waals surface area (Å²) < 4.78 is 10.8. The Morgan fingerprint density at radius 1 is 0.786 bits per heavy atom. The van der Waals surface area contributed by atoms with Crippen LogP contribution in [0.2, 0.25) is 0 Å². The molecule has 3 heterocycles. The molecule has 6 nitrogen and oxygen atoms in total. The number of ether oxygens (including phenoxy) is 2. The molecular formula is C8H6N2O4. The lowest BCUT2D eigenvalue weighted by Crippen LogP contribution is -2.39. The van der Waals surface area contributed by atoms with Crippen molar-refractivity contribution in [1.82, 2.24) is 0 Å². The molecule has 0 saturated carbocycles. The van der Waals surface area contributed by atoms with Gasteiger partial charge >= 0.3 is 0 Å². The monoisotopic (exact) mass is 194 g/mol. The molecule has 0 N–H and O–H groups in total. The van der Waals surface area contributed by atoms with Gasteiger partial charge in [0.1, 0.15) is 36.5 Å². The summed E-state index contributed by atoms with van der Waals surface area (Å²) in [5, 5.41) is 0. The number of isocyanates is 2. The third kappa shape index (κ3) is 0.832. The molecule has 6 heteroatoms. The van der Waals surface area contributed by atoms with Gasteiger partial charge in [-0.1, -0.05) is 0 Å². The minimum atomic E-state index is -0.428. The van der Waals surface area contributed by atoms with E-state index in [0.717, 1.165) is 0 Å². The Bertz CT molecular complexity index is 338. The molecule has 72 valence electrons. The van der Waals surface area contributed by atoms with Gasteiger partial charge in [0.25, 0.3) is 0 Å². The predicted octanol–water partition coefficient (Wildman–Crippen LogP) is -1.06. The number of hydrogen-bond donors (Lipinski definition) is 0. The van der Waals surface area contributed by atoms with Gasteiger partial charge in [0.2, 0.25) is 12.2 Å². The van der Waals surface area contributed by atoms with Crippen molar-refractivity contribution in [2.24, 2.45) is 9.98 Å². The Kier molecular flexibility index (Phi) is 1.48. The lowest BCUT2D eigenvalue weighted by molar-refractivity contribution is 0.0159. The Hall–Kier alpha value is -1.32. The van der Waals surface area contributed by atoms with Gasteiger partial charge in [-0.2, -0.15) is 9.98 Å². The van der Waals surface area contributed by atoms with Crippen LogP contribution in [0.3, 0.4) is 0 Å². The van der Waals surface area contributed by atoms with E-state index < -0.39 is 12.1 Å². The Balaban J connectivity index is 1.94. The summed E-state index contributed by atoms with van der Waals surface area (Å²) in [5.41, 5.74) is 0. The number of aliphatic imine (C=N–C) groups is 2. The van der Waals surface area contributed by atoms with E-state index in [4.69, 9.17) is 9.47 Å². The maximum absolute atomic E-state index is 10.2. The fourth-order valence-corrected chi connectivity index (χ4v) is 2.36. The number of fused-ring (bicyclic) bond motifs is 5. The van der Waals surface area contributed by atoms with Gasteiger partial charge < -0.3 is 9.47 Å². The van der Waals surface area contributed by atoms with Crippen LogP contribution in [0.15, 0.2) is 9.98 Å². The van der Waals surface area contributed by atoms with Crippen LogP contribution in [-0.2, 0) is 19.1 Å². The van der Waals surface area contributed by atoms with E-state index in [9.17, 15) is 9.59 Å². The van der Waals surface area contributed by atoms with Gasteiger partial charge in [0, 0.05) is 0 Å². The van der Waals surface area contributed by atoms with Crippen molar-refractivity contribution < 1.29 is 19.1 Å². The molecule has 0 radical (unpaired) electrons. The highest BCUT2D eigenvalue weighted by Crippen LogP contribution is 2.50. The highest BCUT2D eigenvalue weighted by atomic mass is 16.7. The molecule has 0 aromatic carbocycles. The Labute approximate surface area is 78.6 Å². The van der Waals surface area contributed by atoms with E-state index >= 15 is 0 Å². The average molecular weight is 194 g/mol. The molecule has 0 aliphatic carbocycles. The molecule has 2 bridgehead atoms. The fraction of sp³-hybridized carbons (Fsp3) is 0.750. The van der Waals surface area contributed by atoms with E-state index in [-0.39, 0.29) is 24.4 Å². The van der Waals surface area contributed by atoms with Gasteiger partial charge in [0.05, 0.1) is 0 Å². The molecule has 6 atom stereocenters. The summed E-state index contributed by atoms with van der Waals surface area (Å²) in [6.45, 7) is 0. The molecule has 3 rings (SSSR count). The van der Waals surface area contributed by atoms with Crippen molar-refractivity contribution in [3.05, 3.63) is 0 Å². The molecule has 3 aliphatic rings. The highest BCUT2D eigenvalue weighted by Gasteiger charge is 2.70. The number of carbonyl (C=O) groups excluding carboxylic acids is 2. The second kappa shape index (κ2) is 2.59. The lowest BCUT2D eigenvalue weighted by atomic mass is 9.91. The zero-order valence-electron chi connectivity index (χ0n) is 6.99. The van der Waals surface area contributed by atoms with Crippen molar-refractivity contribution in [2.75, 3.05) is 0 Å². The summed E-state index contributed by atoms with van der Waals surface area (Å²) in [7, 11) is 0. The molecule has 3 aliphatic heterocycles. The number of epoxide rings is 1. The van der Waals surface area contributed by atoms with Crippen molar-refractivity contribution in [3.8, 4) is 0 Å². The summed E-state index contributed by atoms with van der Waals surface area (Å²) in [6, 6.07) is -0.856. The minimum Gasteiger partial charge on any atom is -0.365 e. The first kappa shape index (κ1) is 8.03. The SMILES string of the molecule is O=C=N[C@H]1[C@H](N=C=O)[C@@H]2O[C@@H]1[C@@H]1O[C@@H]12. The van der Waals surface area contributed by atoms with Crippen molar-refractivity contribution in [3.63, 3.8) is 0 Å². The maximum Gasteiger partial charge on any atom is 0.235 e. The summed E-state index contributed by atoms with van der Waals surface area (Å²) in [5.74, 6) is 0. The van der Waals surface area contributed by atoms with Crippen LogP contribution in [0.1, 0.15) is 0 Å². The van der Waals surface area contributed by atoms with Crippen LogP contribution in [0.25, 0.3) is 0 Å². The van der Waals surface area contributed by atoms with Crippen LogP contribution in [0.4, 0.5) is 0 Å². The van der Waals surface area contributed by atoms with Gasteiger partial charge in [-0.15, -0.1) is 0 Å². The zero-order valence-corrected chi connectivity index (χ0v) is 6.99. The number of rotatable bonds is 2. The maximum atomic E-state index is 10.2. The number of hydrogen-bond acceptors (Lipinski definition) is 6. The topological polar surface area (TPSA) is 80.6 Å². The fourth-order valence-electron chi connectivity index (χ4n) is 2.36. The summed E-state index contributed by atoms with van der Waals surface area (Å²) in [6.07, 6.45) is 2.51. The highest BCUT2D eigenvalue weighted by molar-refractivity contribution is 5.39. The predicted molar refractivity (Wildman–Crippen MR) is 41.1 cm³/mol. The van der Waals surface area contributed by atoms with Crippen LogP contribution in [-0.4, -0.2) is 48.7 Å². The standard InChI is InChI=1S/C8H6N2O4/c11-1-9-3-4(10-2-12)6-8-7(14-8)5(3)13-6/h3-8H/t3-,4-,5-,6-,7-,8+/m0/s1. The van der Waals surface area contributed by atoms with Crippen LogP contribution in [0, 0.1) is 0 Å². The van der Waals surface area contributed by atoms with Gasteiger partial charge in [-0.3, -0.25) is 0 Å². The summed E-state index contributed by atoms with van der Waals surface area (Å²) in [4.78, 5) is 27.6. The Morgan fingerprint density at radius 2 is 1.21 bits per heavy atom. The largest absolute Gasteiger partial charge is 0.365 e. The molecule has 3 fully saturated rings. The molecule has 0 amide bonds. The van der Waals surface area contributed by atoms with Gasteiger partial charge in [-0.05, 0) is 0 Å². The quantitative estimate of drug-likeness (QED) is 0.319. The second-order valence-electron chi connectivity index (χ2n) is 3.55. The smallest absolute Gasteiger partial charge is 0.235 e. The van der Waals surface area contributed by atoms with Gasteiger partial charge in [-0.25, -0.2) is 9.59 Å². The van der Waals surface area contributed by atoms with Crippen molar-refractivity contribution in [1.29, 1.82) is 0 Å². The Morgan fingerprint density at radius 3 is 1.64 bits per heavy atom. The van der Waals surface area contributed by atoms with E-state index in [0.29, 0.717) is 0 Å². The van der Waals surface area contributed by atoms with Crippen LogP contribution >= 0.6 is 0 Å². The molecule has 0 aromatic heterocycles. The molecular weight excluding hydrogens is 188 g/mol. The van der Waals surface area contributed by atoms with E-state index in [1.54, 1.807) is 0 Å². The third-order valence-corrected chi connectivity index (χ3v) is 2.95. The van der Waals surface area contributed by atoms with Crippen molar-refractivity contribution >= 4 is 12.2 Å². The van der Waals surface area contributed by atoms with Crippen LogP contribution < -0.4 is 0 Å². The molecule has 0 unspecified atom stereocenters. The second-order valence-corrected chi connectivity index (χ2v) is 3.55. The normalized spacial score (nSPS) is 51.7. The van der Waals surface area contributed by atoms with E-state index in [1.807, 2.05) is 0 Å². The lowest BCUT2D eigenvalue weighted by Gasteiger charge is -2.15.